The van der Waals surface area contributed by atoms with Gasteiger partial charge in [-0.15, -0.1) is 0 Å². The zero-order valence-electron chi connectivity index (χ0n) is 12.6. The largest absolute Gasteiger partial charge is 0.459 e. The van der Waals surface area contributed by atoms with Crippen molar-refractivity contribution in [2.45, 2.75) is 56.7 Å². The first-order valence-corrected chi connectivity index (χ1v) is 8.33. The van der Waals surface area contributed by atoms with Crippen LogP contribution in [0.2, 0.25) is 0 Å². The summed E-state index contributed by atoms with van der Waals surface area (Å²) in [6, 6.07) is 9.45. The van der Waals surface area contributed by atoms with Crippen LogP contribution in [0.15, 0.2) is 35.9 Å². The molecule has 3 rings (SSSR count). The molecule has 4 heteroatoms. The number of cyclic esters (lactones) is 1. The number of esters is 1. The third-order valence-corrected chi connectivity index (χ3v) is 5.08. The Morgan fingerprint density at radius 3 is 2.59 bits per heavy atom. The first kappa shape index (κ1) is 15.6. The molecule has 1 atom stereocenters. The molecule has 0 spiro atoms. The highest BCUT2D eigenvalue weighted by Crippen LogP contribution is 2.38. The van der Waals surface area contributed by atoms with E-state index in [1.807, 2.05) is 30.3 Å². The summed E-state index contributed by atoms with van der Waals surface area (Å²) in [5.41, 5.74) is 0.670. The van der Waals surface area contributed by atoms with Crippen molar-refractivity contribution in [1.82, 2.24) is 0 Å². The predicted molar refractivity (Wildman–Crippen MR) is 86.4 cm³/mol. The van der Waals surface area contributed by atoms with Crippen LogP contribution >= 0.6 is 11.6 Å². The van der Waals surface area contributed by atoms with E-state index in [9.17, 15) is 9.90 Å². The molecule has 1 unspecified atom stereocenters. The number of halogens is 1. The standard InChI is InChI=1S/C18H21ClO3/c19-16(13-7-3-1-4-8-13)15-11-14(22-17(15)20)12-18(21)9-5-2-6-10-18/h1,3-4,7-8,14,21H,2,5-6,9-12H2/b16-15-. The van der Waals surface area contributed by atoms with E-state index in [0.717, 1.165) is 31.2 Å². The molecule has 2 aliphatic rings. The Morgan fingerprint density at radius 2 is 1.91 bits per heavy atom. The number of carbonyl (C=O) groups excluding carboxylic acids is 1. The van der Waals surface area contributed by atoms with Gasteiger partial charge in [0.2, 0.25) is 0 Å². The third kappa shape index (κ3) is 3.36. The number of ether oxygens (including phenoxy) is 1. The smallest absolute Gasteiger partial charge is 0.335 e. The predicted octanol–water partition coefficient (Wildman–Crippen LogP) is 4.04. The van der Waals surface area contributed by atoms with Gasteiger partial charge in [-0.05, 0) is 18.4 Å². The Morgan fingerprint density at radius 1 is 1.23 bits per heavy atom. The molecule has 22 heavy (non-hydrogen) atoms. The average molecular weight is 321 g/mol. The highest BCUT2D eigenvalue weighted by molar-refractivity contribution is 6.51. The fourth-order valence-electron chi connectivity index (χ4n) is 3.46. The fraction of sp³-hybridized carbons (Fsp3) is 0.500. The molecule has 1 saturated heterocycles. The summed E-state index contributed by atoms with van der Waals surface area (Å²) < 4.78 is 5.44. The molecule has 0 bridgehead atoms. The van der Waals surface area contributed by atoms with Crippen LogP contribution in [0.4, 0.5) is 0 Å². The van der Waals surface area contributed by atoms with Gasteiger partial charge in [0.1, 0.15) is 6.10 Å². The second-order valence-electron chi connectivity index (χ2n) is 6.38. The van der Waals surface area contributed by atoms with E-state index in [4.69, 9.17) is 16.3 Å². The van der Waals surface area contributed by atoms with Gasteiger partial charge < -0.3 is 9.84 Å². The van der Waals surface area contributed by atoms with E-state index in [-0.39, 0.29) is 12.1 Å². The Bertz CT molecular complexity index is 573. The number of hydrogen-bond acceptors (Lipinski definition) is 3. The zero-order valence-corrected chi connectivity index (χ0v) is 13.3. The number of carbonyl (C=O) groups is 1. The van der Waals surface area contributed by atoms with Crippen molar-refractivity contribution in [2.75, 3.05) is 0 Å². The molecule has 118 valence electrons. The Hall–Kier alpha value is -1.32. The van der Waals surface area contributed by atoms with E-state index in [1.54, 1.807) is 0 Å². The van der Waals surface area contributed by atoms with Crippen LogP contribution in [-0.2, 0) is 9.53 Å². The Kier molecular flexibility index (Phi) is 4.55. The molecular weight excluding hydrogens is 300 g/mol. The third-order valence-electron chi connectivity index (χ3n) is 4.64. The molecule has 0 aromatic heterocycles. The molecule has 2 fully saturated rings. The van der Waals surface area contributed by atoms with Crippen molar-refractivity contribution >= 4 is 22.6 Å². The van der Waals surface area contributed by atoms with Crippen molar-refractivity contribution < 1.29 is 14.6 Å². The second-order valence-corrected chi connectivity index (χ2v) is 6.76. The van der Waals surface area contributed by atoms with Crippen molar-refractivity contribution in [1.29, 1.82) is 0 Å². The maximum atomic E-state index is 12.1. The van der Waals surface area contributed by atoms with Gasteiger partial charge in [-0.2, -0.15) is 0 Å². The lowest BCUT2D eigenvalue weighted by atomic mass is 9.80. The first-order valence-electron chi connectivity index (χ1n) is 7.95. The van der Waals surface area contributed by atoms with Gasteiger partial charge >= 0.3 is 5.97 Å². The lowest BCUT2D eigenvalue weighted by Crippen LogP contribution is -2.35. The van der Waals surface area contributed by atoms with Gasteiger partial charge in [-0.1, -0.05) is 61.2 Å². The summed E-state index contributed by atoms with van der Waals surface area (Å²) in [6.45, 7) is 0. The highest BCUT2D eigenvalue weighted by Gasteiger charge is 2.38. The van der Waals surface area contributed by atoms with Crippen LogP contribution < -0.4 is 0 Å². The minimum Gasteiger partial charge on any atom is -0.459 e. The van der Waals surface area contributed by atoms with Crippen molar-refractivity contribution in [3.8, 4) is 0 Å². The van der Waals surface area contributed by atoms with Crippen molar-refractivity contribution in [2.24, 2.45) is 0 Å². The molecule has 1 aliphatic heterocycles. The first-order chi connectivity index (χ1) is 10.6. The van der Waals surface area contributed by atoms with E-state index in [1.165, 1.54) is 6.42 Å². The second kappa shape index (κ2) is 6.43. The number of benzene rings is 1. The Balaban J connectivity index is 1.73. The van der Waals surface area contributed by atoms with Gasteiger partial charge in [0.05, 0.1) is 16.2 Å². The summed E-state index contributed by atoms with van der Waals surface area (Å²) in [5, 5.41) is 11.1. The summed E-state index contributed by atoms with van der Waals surface area (Å²) in [7, 11) is 0. The number of hydrogen-bond donors (Lipinski definition) is 1. The minimum atomic E-state index is -0.683. The van der Waals surface area contributed by atoms with Crippen LogP contribution in [-0.4, -0.2) is 22.8 Å². The lowest BCUT2D eigenvalue weighted by Gasteiger charge is -2.33. The molecule has 1 N–H and O–H groups in total. The number of aliphatic hydroxyl groups is 1. The van der Waals surface area contributed by atoms with E-state index in [0.29, 0.717) is 23.4 Å². The van der Waals surface area contributed by atoms with Gasteiger partial charge in [0.15, 0.2) is 0 Å². The quantitative estimate of drug-likeness (QED) is 0.675. The molecule has 0 amide bonds. The summed E-state index contributed by atoms with van der Waals surface area (Å²) in [6.07, 6.45) is 5.60. The Labute approximate surface area is 135 Å². The zero-order chi connectivity index (χ0) is 15.6. The van der Waals surface area contributed by atoms with Gasteiger partial charge in [-0.25, -0.2) is 4.79 Å². The van der Waals surface area contributed by atoms with Gasteiger partial charge in [-0.3, -0.25) is 0 Å². The van der Waals surface area contributed by atoms with E-state index >= 15 is 0 Å². The monoisotopic (exact) mass is 320 g/mol. The SMILES string of the molecule is O=C1OC(CC2(O)CCCCC2)C/C1=C(/Cl)c1ccccc1. The summed E-state index contributed by atoms with van der Waals surface area (Å²) in [5.74, 6) is -0.349. The molecule has 0 radical (unpaired) electrons. The maximum absolute atomic E-state index is 12.1. The molecule has 3 nitrogen and oxygen atoms in total. The average Bonchev–Trinajstić information content (AvgIpc) is 2.88. The molecule has 1 aromatic carbocycles. The molecule has 1 aromatic rings. The molecule has 1 saturated carbocycles. The lowest BCUT2D eigenvalue weighted by molar-refractivity contribution is -0.141. The van der Waals surface area contributed by atoms with Gasteiger partial charge in [0.25, 0.3) is 0 Å². The van der Waals surface area contributed by atoms with Crippen molar-refractivity contribution in [3.63, 3.8) is 0 Å². The van der Waals surface area contributed by atoms with E-state index < -0.39 is 5.60 Å². The van der Waals surface area contributed by atoms with Crippen LogP contribution in [0.25, 0.3) is 5.03 Å². The summed E-state index contributed by atoms with van der Waals surface area (Å²) in [4.78, 5) is 12.1. The normalized spacial score (nSPS) is 26.6. The maximum Gasteiger partial charge on any atom is 0.335 e. The molecule has 1 aliphatic carbocycles. The van der Waals surface area contributed by atoms with Crippen LogP contribution in [0.5, 0.6) is 0 Å². The van der Waals surface area contributed by atoms with Crippen LogP contribution in [0.3, 0.4) is 0 Å². The molecular formula is C18H21ClO3. The highest BCUT2D eigenvalue weighted by atomic mass is 35.5. The van der Waals surface area contributed by atoms with Crippen LogP contribution in [0, 0.1) is 0 Å². The number of rotatable bonds is 3. The minimum absolute atomic E-state index is 0.261. The fourth-order valence-corrected chi connectivity index (χ4v) is 3.75. The van der Waals surface area contributed by atoms with Gasteiger partial charge in [0, 0.05) is 12.8 Å². The van der Waals surface area contributed by atoms with Crippen molar-refractivity contribution in [3.05, 3.63) is 41.5 Å². The summed E-state index contributed by atoms with van der Waals surface area (Å²) >= 11 is 6.37. The van der Waals surface area contributed by atoms with E-state index in [2.05, 4.69) is 0 Å². The van der Waals surface area contributed by atoms with Crippen LogP contribution in [0.1, 0.15) is 50.5 Å². The molecule has 1 heterocycles. The topological polar surface area (TPSA) is 46.5 Å².